The second-order valence-corrected chi connectivity index (χ2v) is 5.72. The van der Waals surface area contributed by atoms with Crippen molar-refractivity contribution in [3.05, 3.63) is 59.4 Å². The maximum atomic E-state index is 12.6. The Morgan fingerprint density at radius 1 is 1.38 bits per heavy atom. The summed E-state index contributed by atoms with van der Waals surface area (Å²) in [7, 11) is 1.64. The molecule has 1 aromatic carbocycles. The summed E-state index contributed by atoms with van der Waals surface area (Å²) in [4.78, 5) is 18.5. The van der Waals surface area contributed by atoms with E-state index in [2.05, 4.69) is 10.3 Å². The van der Waals surface area contributed by atoms with Crippen LogP contribution in [0.25, 0.3) is 0 Å². The first-order chi connectivity index (χ1) is 11.6. The summed E-state index contributed by atoms with van der Waals surface area (Å²) in [6.07, 6.45) is 3.53. The number of aromatic nitrogens is 1. The molecule has 0 aliphatic rings. The zero-order chi connectivity index (χ0) is 17.5. The predicted molar refractivity (Wildman–Crippen MR) is 95.0 cm³/mol. The van der Waals surface area contributed by atoms with Crippen molar-refractivity contribution in [2.75, 3.05) is 13.7 Å². The number of ether oxygens (including phenoxy) is 1. The van der Waals surface area contributed by atoms with Crippen molar-refractivity contribution >= 4 is 6.03 Å². The number of hydrogen-bond donors (Lipinski definition) is 1. The van der Waals surface area contributed by atoms with E-state index in [1.54, 1.807) is 24.4 Å². The van der Waals surface area contributed by atoms with Crippen molar-refractivity contribution < 1.29 is 9.53 Å². The van der Waals surface area contributed by atoms with Crippen LogP contribution in [-0.2, 0) is 6.54 Å². The fraction of sp³-hybridized carbons (Fsp3) is 0.368. The minimum absolute atomic E-state index is 0.0383. The molecule has 0 unspecified atom stereocenters. The van der Waals surface area contributed by atoms with Crippen molar-refractivity contribution in [2.45, 2.75) is 33.4 Å². The fourth-order valence-corrected chi connectivity index (χ4v) is 2.67. The highest BCUT2D eigenvalue weighted by atomic mass is 16.5. The number of carbonyl (C=O) groups excluding carboxylic acids is 1. The number of hydrogen-bond acceptors (Lipinski definition) is 3. The first-order valence-corrected chi connectivity index (χ1v) is 8.14. The van der Waals surface area contributed by atoms with Crippen LogP contribution in [0.2, 0.25) is 0 Å². The standard InChI is InChI=1S/C19H25N3O2/c1-5-22(15(3)16-7-6-10-20-12-16)19(23)21-13-17-9-8-14(2)11-18(17)24-4/h6-12,15H,5,13H2,1-4H3,(H,21,23)/t15-/m1/s1. The second kappa shape index (κ2) is 8.34. The molecule has 0 spiro atoms. The predicted octanol–water partition coefficient (Wildman–Crippen LogP) is 3.69. The van der Waals surface area contributed by atoms with Gasteiger partial charge in [-0.2, -0.15) is 0 Å². The molecule has 2 amide bonds. The molecule has 128 valence electrons. The van der Waals surface area contributed by atoms with Crippen molar-refractivity contribution in [1.29, 1.82) is 0 Å². The molecule has 0 fully saturated rings. The molecular weight excluding hydrogens is 302 g/mol. The Bertz CT molecular complexity index is 674. The molecule has 0 aliphatic heterocycles. The van der Waals surface area contributed by atoms with Gasteiger partial charge in [0.25, 0.3) is 0 Å². The van der Waals surface area contributed by atoms with E-state index in [-0.39, 0.29) is 12.1 Å². The van der Waals surface area contributed by atoms with Gasteiger partial charge in [-0.05, 0) is 44.0 Å². The van der Waals surface area contributed by atoms with Crippen molar-refractivity contribution in [1.82, 2.24) is 15.2 Å². The lowest BCUT2D eigenvalue weighted by Crippen LogP contribution is -2.41. The number of nitrogens with zero attached hydrogens (tertiary/aromatic N) is 2. The molecule has 1 atom stereocenters. The van der Waals surface area contributed by atoms with Crippen LogP contribution < -0.4 is 10.1 Å². The third-order valence-electron chi connectivity index (χ3n) is 4.11. The van der Waals surface area contributed by atoms with Crippen molar-refractivity contribution in [3.8, 4) is 5.75 Å². The van der Waals surface area contributed by atoms with Crippen LogP contribution in [0.3, 0.4) is 0 Å². The maximum absolute atomic E-state index is 12.6. The van der Waals surface area contributed by atoms with Gasteiger partial charge in [0, 0.05) is 31.0 Å². The number of nitrogens with one attached hydrogen (secondary N) is 1. The summed E-state index contributed by atoms with van der Waals surface area (Å²) in [5.74, 6) is 0.790. The van der Waals surface area contributed by atoms with Crippen LogP contribution in [0, 0.1) is 6.92 Å². The lowest BCUT2D eigenvalue weighted by atomic mass is 10.1. The number of rotatable bonds is 6. The summed E-state index contributed by atoms with van der Waals surface area (Å²) < 4.78 is 5.39. The molecule has 5 nitrogen and oxygen atoms in total. The lowest BCUT2D eigenvalue weighted by molar-refractivity contribution is 0.182. The Morgan fingerprint density at radius 2 is 2.17 bits per heavy atom. The van der Waals surface area contributed by atoms with Gasteiger partial charge < -0.3 is 15.0 Å². The average Bonchev–Trinajstić information content (AvgIpc) is 2.61. The van der Waals surface area contributed by atoms with E-state index in [1.807, 2.05) is 51.1 Å². The van der Waals surface area contributed by atoms with Crippen molar-refractivity contribution in [2.24, 2.45) is 0 Å². The molecule has 2 rings (SSSR count). The van der Waals surface area contributed by atoms with Gasteiger partial charge in [-0.25, -0.2) is 4.79 Å². The van der Waals surface area contributed by atoms with E-state index in [0.717, 1.165) is 22.4 Å². The molecule has 1 heterocycles. The van der Waals surface area contributed by atoms with Crippen molar-refractivity contribution in [3.63, 3.8) is 0 Å². The Labute approximate surface area is 143 Å². The largest absolute Gasteiger partial charge is 0.496 e. The third-order valence-corrected chi connectivity index (χ3v) is 4.11. The Balaban J connectivity index is 2.05. The summed E-state index contributed by atoms with van der Waals surface area (Å²) in [5.41, 5.74) is 3.10. The smallest absolute Gasteiger partial charge is 0.318 e. The van der Waals surface area contributed by atoms with Gasteiger partial charge >= 0.3 is 6.03 Å². The van der Waals surface area contributed by atoms with Gasteiger partial charge in [0.15, 0.2) is 0 Å². The third kappa shape index (κ3) is 4.25. The molecule has 0 bridgehead atoms. The number of amides is 2. The summed E-state index contributed by atoms with van der Waals surface area (Å²) in [6, 6.07) is 9.69. The SMILES string of the molecule is CCN(C(=O)NCc1ccc(C)cc1OC)[C@H](C)c1cccnc1. The van der Waals surface area contributed by atoms with Crippen LogP contribution in [0.1, 0.15) is 36.6 Å². The molecule has 2 aromatic rings. The van der Waals surface area contributed by atoms with E-state index >= 15 is 0 Å². The number of aryl methyl sites for hydroxylation is 1. The molecule has 5 heteroatoms. The minimum atomic E-state index is -0.100. The highest BCUT2D eigenvalue weighted by Crippen LogP contribution is 2.21. The van der Waals surface area contributed by atoms with Gasteiger partial charge in [-0.1, -0.05) is 18.2 Å². The van der Waals surface area contributed by atoms with E-state index in [4.69, 9.17) is 4.74 Å². The zero-order valence-electron chi connectivity index (χ0n) is 14.7. The quantitative estimate of drug-likeness (QED) is 0.880. The molecule has 1 N–H and O–H groups in total. The maximum Gasteiger partial charge on any atom is 0.318 e. The monoisotopic (exact) mass is 327 g/mol. The highest BCUT2D eigenvalue weighted by Gasteiger charge is 2.20. The zero-order valence-corrected chi connectivity index (χ0v) is 14.7. The number of methoxy groups -OCH3 is 1. The van der Waals surface area contributed by atoms with Gasteiger partial charge in [-0.3, -0.25) is 4.98 Å². The van der Waals surface area contributed by atoms with Crippen LogP contribution >= 0.6 is 0 Å². The van der Waals surface area contributed by atoms with E-state index in [0.29, 0.717) is 13.1 Å². The minimum Gasteiger partial charge on any atom is -0.496 e. The Hall–Kier alpha value is -2.56. The normalized spacial score (nSPS) is 11.7. The molecule has 0 aliphatic carbocycles. The van der Waals surface area contributed by atoms with Gasteiger partial charge in [-0.15, -0.1) is 0 Å². The number of urea groups is 1. The van der Waals surface area contributed by atoms with Gasteiger partial charge in [0.1, 0.15) is 5.75 Å². The fourth-order valence-electron chi connectivity index (χ4n) is 2.67. The van der Waals surface area contributed by atoms with Crippen LogP contribution in [0.5, 0.6) is 5.75 Å². The molecule has 1 aromatic heterocycles. The van der Waals surface area contributed by atoms with E-state index in [9.17, 15) is 4.79 Å². The Kier molecular flexibility index (Phi) is 6.18. The molecular formula is C19H25N3O2. The van der Waals surface area contributed by atoms with Gasteiger partial charge in [0.05, 0.1) is 13.2 Å². The summed E-state index contributed by atoms with van der Waals surface area (Å²) in [6.45, 7) is 7.04. The van der Waals surface area contributed by atoms with Crippen LogP contribution in [-0.4, -0.2) is 29.6 Å². The first-order valence-electron chi connectivity index (χ1n) is 8.14. The lowest BCUT2D eigenvalue weighted by Gasteiger charge is -2.28. The molecule has 0 saturated heterocycles. The Morgan fingerprint density at radius 3 is 2.79 bits per heavy atom. The molecule has 24 heavy (non-hydrogen) atoms. The van der Waals surface area contributed by atoms with Gasteiger partial charge in [0.2, 0.25) is 0 Å². The first kappa shape index (κ1) is 17.8. The topological polar surface area (TPSA) is 54.5 Å². The summed E-state index contributed by atoms with van der Waals surface area (Å²) >= 11 is 0. The van der Waals surface area contributed by atoms with Crippen LogP contribution in [0.4, 0.5) is 4.79 Å². The average molecular weight is 327 g/mol. The second-order valence-electron chi connectivity index (χ2n) is 5.72. The van der Waals surface area contributed by atoms with E-state index in [1.165, 1.54) is 0 Å². The number of carbonyl (C=O) groups is 1. The van der Waals surface area contributed by atoms with E-state index < -0.39 is 0 Å². The van der Waals surface area contributed by atoms with Crippen LogP contribution in [0.15, 0.2) is 42.7 Å². The molecule has 0 radical (unpaired) electrons. The number of pyridine rings is 1. The highest BCUT2D eigenvalue weighted by molar-refractivity contribution is 5.74. The number of benzene rings is 1. The molecule has 0 saturated carbocycles. The summed E-state index contributed by atoms with van der Waals surface area (Å²) in [5, 5.41) is 2.98.